The van der Waals surface area contributed by atoms with Crippen LogP contribution in [0.15, 0.2) is 24.3 Å². The molecule has 0 aliphatic heterocycles. The summed E-state index contributed by atoms with van der Waals surface area (Å²) in [7, 11) is -3.81. The van der Waals surface area contributed by atoms with Crippen LogP contribution >= 0.6 is 0 Å². The summed E-state index contributed by atoms with van der Waals surface area (Å²) in [5.74, 6) is 0.122. The monoisotopic (exact) mass is 386 g/mol. The van der Waals surface area contributed by atoms with Gasteiger partial charge >= 0.3 is 16.3 Å². The fourth-order valence-corrected chi connectivity index (χ4v) is 3.65. The SMILES string of the molecule is Nc1ccc(OCCC(=O)OCCOS(=O)(=O)NC2CCCCC2)cc1. The Kier molecular flexibility index (Phi) is 8.14. The standard InChI is InChI=1S/C17H26N2O6S/c18-14-6-8-16(9-7-14)23-11-10-17(20)24-12-13-25-26(21,22)19-15-4-2-1-3-5-15/h6-9,15,19H,1-5,10-13,18H2. The molecular formula is C17H26N2O6S. The molecule has 1 aromatic rings. The van der Waals surface area contributed by atoms with Crippen molar-refractivity contribution in [2.45, 2.75) is 44.6 Å². The molecule has 1 aliphatic carbocycles. The molecule has 8 nitrogen and oxygen atoms in total. The van der Waals surface area contributed by atoms with E-state index in [0.29, 0.717) is 11.4 Å². The van der Waals surface area contributed by atoms with Crippen molar-refractivity contribution in [2.24, 2.45) is 0 Å². The van der Waals surface area contributed by atoms with Crippen LogP contribution in [0.3, 0.4) is 0 Å². The minimum atomic E-state index is -3.81. The van der Waals surface area contributed by atoms with Crippen molar-refractivity contribution in [1.29, 1.82) is 0 Å². The lowest BCUT2D eigenvalue weighted by molar-refractivity contribution is -0.144. The Bertz CT molecular complexity index is 656. The van der Waals surface area contributed by atoms with Gasteiger partial charge in [0.05, 0.1) is 13.0 Å². The van der Waals surface area contributed by atoms with Gasteiger partial charge in [-0.15, -0.1) is 0 Å². The van der Waals surface area contributed by atoms with E-state index in [4.69, 9.17) is 19.4 Å². The van der Waals surface area contributed by atoms with Gasteiger partial charge in [-0.1, -0.05) is 19.3 Å². The van der Waals surface area contributed by atoms with Crippen molar-refractivity contribution >= 4 is 22.0 Å². The normalized spacial score (nSPS) is 15.5. The van der Waals surface area contributed by atoms with Crippen molar-refractivity contribution in [3.8, 4) is 5.75 Å². The molecule has 2 rings (SSSR count). The lowest BCUT2D eigenvalue weighted by Gasteiger charge is -2.22. The highest BCUT2D eigenvalue weighted by molar-refractivity contribution is 7.84. The van der Waals surface area contributed by atoms with E-state index in [9.17, 15) is 13.2 Å². The number of carbonyl (C=O) groups is 1. The first-order valence-electron chi connectivity index (χ1n) is 8.75. The number of nitrogen functional groups attached to an aromatic ring is 1. The summed E-state index contributed by atoms with van der Waals surface area (Å²) >= 11 is 0. The number of anilines is 1. The highest BCUT2D eigenvalue weighted by Gasteiger charge is 2.20. The Balaban J connectivity index is 1.55. The third kappa shape index (κ3) is 8.03. The van der Waals surface area contributed by atoms with Gasteiger partial charge in [0.2, 0.25) is 0 Å². The van der Waals surface area contributed by atoms with Crippen LogP contribution in [0.5, 0.6) is 5.75 Å². The first-order chi connectivity index (χ1) is 12.4. The summed E-state index contributed by atoms with van der Waals surface area (Å²) in [4.78, 5) is 11.6. The van der Waals surface area contributed by atoms with Gasteiger partial charge in [0, 0.05) is 11.7 Å². The van der Waals surface area contributed by atoms with Gasteiger partial charge in [-0.05, 0) is 37.1 Å². The Hall–Kier alpha value is -1.84. The molecule has 0 unspecified atom stereocenters. The van der Waals surface area contributed by atoms with Crippen LogP contribution < -0.4 is 15.2 Å². The largest absolute Gasteiger partial charge is 0.493 e. The highest BCUT2D eigenvalue weighted by atomic mass is 32.2. The zero-order valence-corrected chi connectivity index (χ0v) is 15.5. The minimum Gasteiger partial charge on any atom is -0.493 e. The van der Waals surface area contributed by atoms with Crippen LogP contribution in [0, 0.1) is 0 Å². The van der Waals surface area contributed by atoms with Crippen molar-refractivity contribution in [2.75, 3.05) is 25.6 Å². The minimum absolute atomic E-state index is 0.0530. The Morgan fingerprint density at radius 1 is 1.08 bits per heavy atom. The van der Waals surface area contributed by atoms with E-state index in [1.165, 1.54) is 0 Å². The molecule has 0 heterocycles. The molecule has 0 spiro atoms. The average Bonchev–Trinajstić information content (AvgIpc) is 2.61. The molecule has 0 aromatic heterocycles. The van der Waals surface area contributed by atoms with Crippen molar-refractivity contribution in [3.63, 3.8) is 0 Å². The van der Waals surface area contributed by atoms with E-state index in [2.05, 4.69) is 4.72 Å². The lowest BCUT2D eigenvalue weighted by atomic mass is 9.96. The number of ether oxygens (including phenoxy) is 2. The number of nitrogens with one attached hydrogen (secondary N) is 1. The predicted molar refractivity (Wildman–Crippen MR) is 96.8 cm³/mol. The van der Waals surface area contributed by atoms with E-state index in [1.807, 2.05) is 0 Å². The molecule has 0 saturated heterocycles. The van der Waals surface area contributed by atoms with Gasteiger partial charge in [0.25, 0.3) is 0 Å². The first kappa shape index (κ1) is 20.5. The molecule has 0 bridgehead atoms. The Morgan fingerprint density at radius 3 is 2.46 bits per heavy atom. The maximum Gasteiger partial charge on any atom is 0.336 e. The number of esters is 1. The van der Waals surface area contributed by atoms with Crippen LogP contribution in [0.25, 0.3) is 0 Å². The highest BCUT2D eigenvalue weighted by Crippen LogP contribution is 2.18. The molecule has 146 valence electrons. The summed E-state index contributed by atoms with van der Waals surface area (Å²) in [6, 6.07) is 6.75. The summed E-state index contributed by atoms with van der Waals surface area (Å²) in [6.07, 6.45) is 4.87. The number of nitrogens with two attached hydrogens (primary N) is 1. The molecule has 0 atom stereocenters. The Labute approximate surface area is 154 Å². The van der Waals surface area contributed by atoms with Crippen LogP contribution in [0.1, 0.15) is 38.5 Å². The van der Waals surface area contributed by atoms with Crippen LogP contribution in [0.4, 0.5) is 5.69 Å². The molecule has 1 aromatic carbocycles. The van der Waals surface area contributed by atoms with E-state index in [0.717, 1.165) is 32.1 Å². The Morgan fingerprint density at radius 2 is 1.77 bits per heavy atom. The molecule has 1 fully saturated rings. The molecule has 1 saturated carbocycles. The van der Waals surface area contributed by atoms with Gasteiger partial charge in [-0.3, -0.25) is 8.98 Å². The van der Waals surface area contributed by atoms with Gasteiger partial charge in [0.15, 0.2) is 0 Å². The summed E-state index contributed by atoms with van der Waals surface area (Å²) in [6.45, 7) is -0.190. The fraction of sp³-hybridized carbons (Fsp3) is 0.588. The van der Waals surface area contributed by atoms with E-state index in [1.54, 1.807) is 24.3 Å². The third-order valence-corrected chi connectivity index (χ3v) is 5.06. The van der Waals surface area contributed by atoms with Crippen LogP contribution in [0.2, 0.25) is 0 Å². The maximum atomic E-state index is 11.8. The molecule has 1 aliphatic rings. The van der Waals surface area contributed by atoms with Gasteiger partial charge in [0.1, 0.15) is 19.0 Å². The zero-order valence-electron chi connectivity index (χ0n) is 14.7. The van der Waals surface area contributed by atoms with Crippen LogP contribution in [-0.2, 0) is 24.0 Å². The number of benzene rings is 1. The fourth-order valence-electron chi connectivity index (χ4n) is 2.65. The number of hydrogen-bond acceptors (Lipinski definition) is 7. The van der Waals surface area contributed by atoms with Gasteiger partial charge in [-0.2, -0.15) is 13.1 Å². The summed E-state index contributed by atoms with van der Waals surface area (Å²) in [5.41, 5.74) is 6.20. The molecule has 0 amide bonds. The van der Waals surface area contributed by atoms with Crippen molar-refractivity contribution in [3.05, 3.63) is 24.3 Å². The molecule has 9 heteroatoms. The second-order valence-corrected chi connectivity index (χ2v) is 7.50. The van der Waals surface area contributed by atoms with Gasteiger partial charge < -0.3 is 15.2 Å². The second-order valence-electron chi connectivity index (χ2n) is 6.12. The van der Waals surface area contributed by atoms with Crippen molar-refractivity contribution < 1.29 is 26.9 Å². The topological polar surface area (TPSA) is 117 Å². The lowest BCUT2D eigenvalue weighted by Crippen LogP contribution is -2.37. The van der Waals surface area contributed by atoms with E-state index < -0.39 is 16.3 Å². The second kappa shape index (κ2) is 10.3. The smallest absolute Gasteiger partial charge is 0.336 e. The zero-order chi connectivity index (χ0) is 18.8. The molecular weight excluding hydrogens is 360 g/mol. The van der Waals surface area contributed by atoms with E-state index >= 15 is 0 Å². The maximum absolute atomic E-state index is 11.8. The average molecular weight is 386 g/mol. The van der Waals surface area contributed by atoms with Crippen molar-refractivity contribution in [1.82, 2.24) is 4.72 Å². The predicted octanol–water partition coefficient (Wildman–Crippen LogP) is 1.76. The number of carbonyl (C=O) groups excluding carboxylic acids is 1. The summed E-state index contributed by atoms with van der Waals surface area (Å²) < 4.78 is 41.2. The van der Waals surface area contributed by atoms with Crippen LogP contribution in [-0.4, -0.2) is 40.2 Å². The molecule has 26 heavy (non-hydrogen) atoms. The quantitative estimate of drug-likeness (QED) is 0.357. The number of hydrogen-bond donors (Lipinski definition) is 2. The number of rotatable bonds is 10. The van der Waals surface area contributed by atoms with E-state index in [-0.39, 0.29) is 32.3 Å². The first-order valence-corrected chi connectivity index (χ1v) is 10.2. The summed E-state index contributed by atoms with van der Waals surface area (Å²) in [5, 5.41) is 0. The van der Waals surface area contributed by atoms with Gasteiger partial charge in [-0.25, -0.2) is 0 Å². The molecule has 0 radical (unpaired) electrons. The molecule has 3 N–H and O–H groups in total. The third-order valence-electron chi connectivity index (χ3n) is 3.96.